The number of nitrogens with zero attached hydrogens (tertiary/aromatic N) is 2. The summed E-state index contributed by atoms with van der Waals surface area (Å²) in [5.74, 6) is 0. The summed E-state index contributed by atoms with van der Waals surface area (Å²) in [5.41, 5.74) is 7.53. The van der Waals surface area contributed by atoms with Crippen molar-refractivity contribution in [1.82, 2.24) is 4.31 Å². The Bertz CT molecular complexity index is 946. The zero-order valence-corrected chi connectivity index (χ0v) is 18.1. The molecular weight excluding hydrogens is 356 g/mol. The van der Waals surface area contributed by atoms with Gasteiger partial charge in [0.1, 0.15) is 0 Å². The molecule has 4 nitrogen and oxygen atoms in total. The van der Waals surface area contributed by atoms with Crippen LogP contribution in [-0.2, 0) is 10.0 Å². The summed E-state index contributed by atoms with van der Waals surface area (Å²) in [6.07, 6.45) is 0. The molecule has 0 bridgehead atoms. The molecular formula is C22H30N2O2S. The van der Waals surface area contributed by atoms with E-state index in [9.17, 15) is 8.42 Å². The van der Waals surface area contributed by atoms with Gasteiger partial charge >= 0.3 is 0 Å². The fraction of sp³-hybridized carbons (Fsp3) is 0.455. The standard InChI is InChI=1S/C22H30N2O2S/c1-15-7-8-21(14-16(15)2)23-9-11-24(12-10-23)27(25,26)22-19(5)17(3)13-18(4)20(22)6/h7-8,13-14H,9-12H2,1-6H3. The van der Waals surface area contributed by atoms with Crippen LogP contribution >= 0.6 is 0 Å². The molecule has 0 unspecified atom stereocenters. The van der Waals surface area contributed by atoms with Crippen LogP contribution in [0.15, 0.2) is 29.2 Å². The van der Waals surface area contributed by atoms with Gasteiger partial charge in [-0.15, -0.1) is 0 Å². The third kappa shape index (κ3) is 3.63. The predicted molar refractivity (Wildman–Crippen MR) is 112 cm³/mol. The van der Waals surface area contributed by atoms with E-state index in [0.717, 1.165) is 22.3 Å². The van der Waals surface area contributed by atoms with Gasteiger partial charge < -0.3 is 4.90 Å². The van der Waals surface area contributed by atoms with E-state index in [-0.39, 0.29) is 0 Å². The molecule has 5 heteroatoms. The summed E-state index contributed by atoms with van der Waals surface area (Å²) in [4.78, 5) is 2.78. The fourth-order valence-electron chi connectivity index (χ4n) is 3.81. The number of anilines is 1. The third-order valence-electron chi connectivity index (χ3n) is 5.99. The molecule has 0 amide bonds. The highest BCUT2D eigenvalue weighted by molar-refractivity contribution is 7.89. The monoisotopic (exact) mass is 386 g/mol. The highest BCUT2D eigenvalue weighted by Gasteiger charge is 2.31. The Morgan fingerprint density at radius 1 is 0.704 bits per heavy atom. The maximum Gasteiger partial charge on any atom is 0.243 e. The van der Waals surface area contributed by atoms with Crippen LogP contribution in [0, 0.1) is 41.5 Å². The number of benzene rings is 2. The molecule has 1 heterocycles. The first-order valence-electron chi connectivity index (χ1n) is 9.52. The SMILES string of the molecule is Cc1ccc(N2CCN(S(=O)(=O)c3c(C)c(C)cc(C)c3C)CC2)cc1C. The van der Waals surface area contributed by atoms with E-state index >= 15 is 0 Å². The molecule has 0 spiro atoms. The lowest BCUT2D eigenvalue weighted by molar-refractivity contribution is 0.384. The van der Waals surface area contributed by atoms with Crippen LogP contribution in [-0.4, -0.2) is 38.9 Å². The van der Waals surface area contributed by atoms with Crippen LogP contribution in [0.4, 0.5) is 5.69 Å². The molecule has 1 fully saturated rings. The Hall–Kier alpha value is -1.85. The average molecular weight is 387 g/mol. The fourth-order valence-corrected chi connectivity index (χ4v) is 5.80. The van der Waals surface area contributed by atoms with Gasteiger partial charge in [-0.3, -0.25) is 0 Å². The Morgan fingerprint density at radius 2 is 1.26 bits per heavy atom. The first kappa shape index (κ1) is 19.9. The lowest BCUT2D eigenvalue weighted by Crippen LogP contribution is -2.49. The summed E-state index contributed by atoms with van der Waals surface area (Å²) in [6.45, 7) is 14.5. The quantitative estimate of drug-likeness (QED) is 0.799. The van der Waals surface area contributed by atoms with E-state index in [0.29, 0.717) is 31.1 Å². The first-order chi connectivity index (χ1) is 12.6. The van der Waals surface area contributed by atoms with E-state index in [1.54, 1.807) is 4.31 Å². The van der Waals surface area contributed by atoms with E-state index in [2.05, 4.69) is 43.0 Å². The van der Waals surface area contributed by atoms with Crippen LogP contribution < -0.4 is 4.90 Å². The van der Waals surface area contributed by atoms with Crippen molar-refractivity contribution in [2.45, 2.75) is 46.4 Å². The zero-order valence-electron chi connectivity index (χ0n) is 17.3. The highest BCUT2D eigenvalue weighted by atomic mass is 32.2. The zero-order chi connectivity index (χ0) is 19.9. The lowest BCUT2D eigenvalue weighted by Gasteiger charge is -2.36. The van der Waals surface area contributed by atoms with Gasteiger partial charge in [0.25, 0.3) is 0 Å². The van der Waals surface area contributed by atoms with Crippen LogP contribution in [0.3, 0.4) is 0 Å². The summed E-state index contributed by atoms with van der Waals surface area (Å²) in [5, 5.41) is 0. The Kier molecular flexibility index (Phi) is 5.37. The molecule has 0 atom stereocenters. The molecule has 1 aliphatic heterocycles. The molecule has 0 radical (unpaired) electrons. The first-order valence-corrected chi connectivity index (χ1v) is 11.0. The van der Waals surface area contributed by atoms with Gasteiger partial charge in [0.05, 0.1) is 4.90 Å². The molecule has 2 aromatic rings. The topological polar surface area (TPSA) is 40.6 Å². The summed E-state index contributed by atoms with van der Waals surface area (Å²) in [7, 11) is -3.48. The smallest absolute Gasteiger partial charge is 0.243 e. The van der Waals surface area contributed by atoms with Gasteiger partial charge in [-0.25, -0.2) is 8.42 Å². The van der Waals surface area contributed by atoms with E-state index in [1.807, 2.05) is 27.7 Å². The second-order valence-electron chi connectivity index (χ2n) is 7.75. The van der Waals surface area contributed by atoms with Gasteiger partial charge in [-0.2, -0.15) is 4.31 Å². The predicted octanol–water partition coefficient (Wildman–Crippen LogP) is 4.05. The van der Waals surface area contributed by atoms with Gasteiger partial charge in [-0.1, -0.05) is 12.1 Å². The van der Waals surface area contributed by atoms with E-state index < -0.39 is 10.0 Å². The van der Waals surface area contributed by atoms with Crippen molar-refractivity contribution in [2.75, 3.05) is 31.1 Å². The van der Waals surface area contributed by atoms with Crippen molar-refractivity contribution in [2.24, 2.45) is 0 Å². The largest absolute Gasteiger partial charge is 0.369 e. The van der Waals surface area contributed by atoms with Crippen LogP contribution in [0.1, 0.15) is 33.4 Å². The van der Waals surface area contributed by atoms with Crippen molar-refractivity contribution in [3.8, 4) is 0 Å². The molecule has 146 valence electrons. The average Bonchev–Trinajstić information content (AvgIpc) is 2.62. The molecule has 1 aliphatic rings. The van der Waals surface area contributed by atoms with Gasteiger partial charge in [-0.05, 0) is 87.1 Å². The second kappa shape index (κ2) is 7.28. The van der Waals surface area contributed by atoms with Crippen molar-refractivity contribution in [1.29, 1.82) is 0 Å². The van der Waals surface area contributed by atoms with Gasteiger partial charge in [0.15, 0.2) is 0 Å². The van der Waals surface area contributed by atoms with E-state index in [4.69, 9.17) is 0 Å². The minimum atomic E-state index is -3.48. The number of hydrogen-bond donors (Lipinski definition) is 0. The molecule has 0 N–H and O–H groups in total. The summed E-state index contributed by atoms with van der Waals surface area (Å²) < 4.78 is 28.4. The normalized spacial score (nSPS) is 16.0. The van der Waals surface area contributed by atoms with Crippen molar-refractivity contribution in [3.63, 3.8) is 0 Å². The van der Waals surface area contributed by atoms with Crippen LogP contribution in [0.25, 0.3) is 0 Å². The Balaban J connectivity index is 1.84. The van der Waals surface area contributed by atoms with Gasteiger partial charge in [0, 0.05) is 31.9 Å². The Morgan fingerprint density at radius 3 is 1.78 bits per heavy atom. The molecule has 0 aromatic heterocycles. The lowest BCUT2D eigenvalue weighted by atomic mass is 10.0. The second-order valence-corrected chi connectivity index (χ2v) is 9.62. The summed E-state index contributed by atoms with van der Waals surface area (Å²) in [6, 6.07) is 8.53. The number of rotatable bonds is 3. The molecule has 2 aromatic carbocycles. The minimum Gasteiger partial charge on any atom is -0.369 e. The van der Waals surface area contributed by atoms with Crippen molar-refractivity contribution in [3.05, 3.63) is 57.6 Å². The molecule has 3 rings (SSSR count). The number of piperazine rings is 1. The van der Waals surface area contributed by atoms with Crippen molar-refractivity contribution < 1.29 is 8.42 Å². The van der Waals surface area contributed by atoms with E-state index in [1.165, 1.54) is 16.8 Å². The van der Waals surface area contributed by atoms with Crippen molar-refractivity contribution >= 4 is 15.7 Å². The highest BCUT2D eigenvalue weighted by Crippen LogP contribution is 2.30. The Labute approximate surface area is 163 Å². The van der Waals surface area contributed by atoms with Crippen LogP contribution in [0.5, 0.6) is 0 Å². The van der Waals surface area contributed by atoms with Gasteiger partial charge in [0.2, 0.25) is 10.0 Å². The maximum atomic E-state index is 13.4. The molecule has 0 saturated carbocycles. The van der Waals surface area contributed by atoms with Crippen LogP contribution in [0.2, 0.25) is 0 Å². The number of hydrogen-bond acceptors (Lipinski definition) is 3. The number of aryl methyl sites for hydroxylation is 4. The molecule has 27 heavy (non-hydrogen) atoms. The number of sulfonamides is 1. The molecule has 1 saturated heterocycles. The maximum absolute atomic E-state index is 13.4. The minimum absolute atomic E-state index is 0.500. The summed E-state index contributed by atoms with van der Waals surface area (Å²) >= 11 is 0. The third-order valence-corrected chi connectivity index (χ3v) is 8.16. The molecule has 0 aliphatic carbocycles.